The minimum Gasteiger partial charge on any atom is -0.412 e. The van der Waals surface area contributed by atoms with E-state index in [1.54, 1.807) is 0 Å². The Morgan fingerprint density at radius 2 is 1.38 bits per heavy atom. The van der Waals surface area contributed by atoms with Gasteiger partial charge in [0, 0.05) is 0 Å². The Bertz CT molecular complexity index is 119. The Balaban J connectivity index is -0.000000125. The van der Waals surface area contributed by atoms with Crippen LogP contribution in [0.2, 0.25) is 0 Å². The molecular weight excluding hydrogens is 140 g/mol. The normalized spacial score (nSPS) is 8.12. The van der Waals surface area contributed by atoms with Crippen LogP contribution in [-0.2, 0) is 14.9 Å². The highest BCUT2D eigenvalue weighted by molar-refractivity contribution is 7.99. The maximum atomic E-state index is 9.19. The minimum absolute atomic E-state index is 0. The summed E-state index contributed by atoms with van der Waals surface area (Å²) in [6, 6.07) is 0. The van der Waals surface area contributed by atoms with Crippen LogP contribution in [0.25, 0.3) is 0 Å². The second-order valence-corrected chi connectivity index (χ2v) is 1.83. The van der Waals surface area contributed by atoms with Gasteiger partial charge in [-0.25, -0.2) is 0 Å². The van der Waals surface area contributed by atoms with Crippen LogP contribution in [0, 0.1) is 0 Å². The molecule has 0 amide bonds. The summed E-state index contributed by atoms with van der Waals surface area (Å²) in [6.07, 6.45) is 0. The highest BCUT2D eigenvalue weighted by atomic mass is 32.2. The van der Waals surface area contributed by atoms with Crippen molar-refractivity contribution < 1.29 is 28.7 Å². The first-order valence-corrected chi connectivity index (χ1v) is 2.49. The summed E-state index contributed by atoms with van der Waals surface area (Å²) in [6.45, 7) is 0. The summed E-state index contributed by atoms with van der Waals surface area (Å²) in [4.78, 5) is 8.99. The average molecular weight is 146 g/mol. The Morgan fingerprint density at radius 1 is 1.25 bits per heavy atom. The quantitative estimate of drug-likeness (QED) is 0.321. The summed E-state index contributed by atoms with van der Waals surface area (Å²) in [5, 5.41) is 0. The van der Waals surface area contributed by atoms with Crippen LogP contribution >= 0.6 is 0 Å². The van der Waals surface area contributed by atoms with Crippen LogP contribution in [0.5, 0.6) is 0 Å². The number of carbonyl (C=O) groups excluding carboxylic acids is 1. The number of rotatable bonds is 1. The molecule has 0 fully saturated rings. The fourth-order valence-corrected chi connectivity index (χ4v) is 0. The van der Waals surface area contributed by atoms with E-state index in [-0.39, 0.29) is 11.0 Å². The first kappa shape index (κ1) is 15.6. The predicted octanol–water partition coefficient (Wildman–Crippen LogP) is -2.58. The van der Waals surface area contributed by atoms with Gasteiger partial charge in [0.15, 0.2) is 0 Å². The minimum atomic E-state index is -4.34. The van der Waals surface area contributed by atoms with Crippen molar-refractivity contribution in [3.05, 3.63) is 0 Å². The van der Waals surface area contributed by atoms with E-state index >= 15 is 0 Å². The van der Waals surface area contributed by atoms with Gasteiger partial charge in [0.2, 0.25) is 0 Å². The third kappa shape index (κ3) is 17.8. The van der Waals surface area contributed by atoms with E-state index in [0.29, 0.717) is 0 Å². The van der Waals surface area contributed by atoms with Crippen LogP contribution in [0.3, 0.4) is 0 Å². The first-order chi connectivity index (χ1) is 2.56. The summed E-state index contributed by atoms with van der Waals surface area (Å²) >= 11 is 0. The van der Waals surface area contributed by atoms with Crippen LogP contribution in [0.1, 0.15) is 0 Å². The molecule has 6 nitrogen and oxygen atoms in total. The molecule has 7 heteroatoms. The molecule has 8 heavy (non-hydrogen) atoms. The molecule has 0 aliphatic carbocycles. The van der Waals surface area contributed by atoms with Gasteiger partial charge in [-0.1, -0.05) is 0 Å². The van der Waals surface area contributed by atoms with Crippen LogP contribution in [0.15, 0.2) is 0 Å². The molecule has 5 N–H and O–H groups in total. The third-order valence-corrected chi connectivity index (χ3v) is 0.365. The fraction of sp³-hybridized carbons (Fsp3) is 0. The summed E-state index contributed by atoms with van der Waals surface area (Å²) < 4.78 is 25.8. The Labute approximate surface area is 45.5 Å². The lowest BCUT2D eigenvalue weighted by Crippen LogP contribution is -1.94. The first-order valence-electron chi connectivity index (χ1n) is 0.987. The molecule has 0 aliphatic rings. The van der Waals surface area contributed by atoms with Gasteiger partial charge < -0.3 is 11.0 Å². The predicted molar refractivity (Wildman–Crippen MR) is 25.5 cm³/mol. The van der Waals surface area contributed by atoms with E-state index in [2.05, 4.69) is 0 Å². The van der Waals surface area contributed by atoms with E-state index in [9.17, 15) is 8.42 Å². The maximum absolute atomic E-state index is 9.19. The van der Waals surface area contributed by atoms with E-state index in [4.69, 9.17) is 9.35 Å². The molecule has 0 radical (unpaired) electrons. The van der Waals surface area contributed by atoms with Crippen molar-refractivity contribution in [2.45, 2.75) is 0 Å². The van der Waals surface area contributed by atoms with Crippen molar-refractivity contribution in [2.24, 2.45) is 0 Å². The van der Waals surface area contributed by atoms with Gasteiger partial charge in [0.25, 0.3) is 5.62 Å². The van der Waals surface area contributed by atoms with Crippen molar-refractivity contribution in [1.29, 1.82) is 0 Å². The van der Waals surface area contributed by atoms with E-state index in [0.717, 1.165) is 0 Å². The average Bonchev–Trinajstić information content (AvgIpc) is 1.35. The van der Waals surface area contributed by atoms with Gasteiger partial charge in [-0.3, -0.25) is 9.35 Å². The SMILES string of the molecule is O.O.O=CS(=O)(=O)O. The van der Waals surface area contributed by atoms with Gasteiger partial charge in [0.05, 0.1) is 0 Å². The molecular formula is CH6O6S. The topological polar surface area (TPSA) is 134 Å². The maximum Gasteiger partial charge on any atom is 0.325 e. The molecule has 0 aromatic carbocycles. The molecule has 0 aromatic rings. The molecule has 0 heterocycles. The van der Waals surface area contributed by atoms with Crippen LogP contribution < -0.4 is 0 Å². The lowest BCUT2D eigenvalue weighted by atomic mass is 11.8. The van der Waals surface area contributed by atoms with Crippen molar-refractivity contribution in [3.8, 4) is 0 Å². The highest BCUT2D eigenvalue weighted by Gasteiger charge is 1.94. The van der Waals surface area contributed by atoms with E-state index in [1.807, 2.05) is 0 Å². The largest absolute Gasteiger partial charge is 0.412 e. The van der Waals surface area contributed by atoms with Crippen LogP contribution in [-0.4, -0.2) is 29.5 Å². The van der Waals surface area contributed by atoms with Crippen molar-refractivity contribution in [2.75, 3.05) is 0 Å². The molecule has 0 spiro atoms. The Kier molecular flexibility index (Phi) is 9.10. The van der Waals surface area contributed by atoms with E-state index in [1.165, 1.54) is 0 Å². The zero-order valence-electron chi connectivity index (χ0n) is 3.66. The molecule has 0 saturated heterocycles. The van der Waals surface area contributed by atoms with E-state index < -0.39 is 15.7 Å². The smallest absolute Gasteiger partial charge is 0.325 e. The van der Waals surface area contributed by atoms with Gasteiger partial charge in [-0.05, 0) is 0 Å². The fourth-order valence-electron chi connectivity index (χ4n) is 0. The molecule has 0 unspecified atom stereocenters. The highest BCUT2D eigenvalue weighted by Crippen LogP contribution is 1.64. The second-order valence-electron chi connectivity index (χ2n) is 0.611. The van der Waals surface area contributed by atoms with Crippen LogP contribution in [0.4, 0.5) is 0 Å². The summed E-state index contributed by atoms with van der Waals surface area (Å²) in [5.41, 5.74) is -0.535. The molecule has 0 bridgehead atoms. The van der Waals surface area contributed by atoms with Crippen molar-refractivity contribution >= 4 is 15.7 Å². The molecule has 52 valence electrons. The van der Waals surface area contributed by atoms with Gasteiger partial charge >= 0.3 is 10.1 Å². The van der Waals surface area contributed by atoms with Crippen molar-refractivity contribution in [3.63, 3.8) is 0 Å². The lowest BCUT2D eigenvalue weighted by Gasteiger charge is -1.68. The third-order valence-electron chi connectivity index (χ3n) is 0.122. The van der Waals surface area contributed by atoms with Crippen molar-refractivity contribution in [1.82, 2.24) is 0 Å². The second kappa shape index (κ2) is 4.65. The van der Waals surface area contributed by atoms with Gasteiger partial charge in [-0.2, -0.15) is 8.42 Å². The number of carbonyl (C=O) groups is 1. The lowest BCUT2D eigenvalue weighted by molar-refractivity contribution is 0.487. The zero-order valence-corrected chi connectivity index (χ0v) is 4.47. The standard InChI is InChI=1S/CH2O4S.2H2O/c2-1-6(3,4)5;;/h1H,(H,3,4,5);2*1H2. The Morgan fingerprint density at radius 3 is 1.38 bits per heavy atom. The zero-order chi connectivity index (χ0) is 5.21. The Hall–Kier alpha value is -0.500. The monoisotopic (exact) mass is 146 g/mol. The molecule has 0 aromatic heterocycles. The number of hydrogen-bond donors (Lipinski definition) is 1. The molecule has 0 rings (SSSR count). The van der Waals surface area contributed by atoms with Gasteiger partial charge in [-0.15, -0.1) is 0 Å². The number of hydrogen-bond acceptors (Lipinski definition) is 3. The molecule has 0 atom stereocenters. The summed E-state index contributed by atoms with van der Waals surface area (Å²) in [5.74, 6) is 0. The molecule has 0 saturated carbocycles. The summed E-state index contributed by atoms with van der Waals surface area (Å²) in [7, 11) is -4.34. The van der Waals surface area contributed by atoms with Gasteiger partial charge in [0.1, 0.15) is 0 Å². The molecule has 0 aliphatic heterocycles.